The second kappa shape index (κ2) is 7.29. The smallest absolute Gasteiger partial charge is 0.00796 e. The lowest BCUT2D eigenvalue weighted by atomic mass is 9.87. The van der Waals surface area contributed by atoms with Crippen LogP contribution in [-0.4, -0.2) is 25.7 Å². The van der Waals surface area contributed by atoms with Crippen molar-refractivity contribution in [1.82, 2.24) is 10.6 Å². The summed E-state index contributed by atoms with van der Waals surface area (Å²) in [5.41, 5.74) is 0. The van der Waals surface area contributed by atoms with Crippen LogP contribution in [-0.2, 0) is 0 Å². The van der Waals surface area contributed by atoms with E-state index >= 15 is 0 Å². The maximum Gasteiger partial charge on any atom is 0.00796 e. The van der Waals surface area contributed by atoms with Gasteiger partial charge in [0.15, 0.2) is 0 Å². The Morgan fingerprint density at radius 3 is 2.62 bits per heavy atom. The summed E-state index contributed by atoms with van der Waals surface area (Å²) in [6.07, 6.45) is 12.9. The highest BCUT2D eigenvalue weighted by Crippen LogP contribution is 2.25. The van der Waals surface area contributed by atoms with Gasteiger partial charge in [0, 0.05) is 6.04 Å². The van der Waals surface area contributed by atoms with Gasteiger partial charge < -0.3 is 10.6 Å². The van der Waals surface area contributed by atoms with Crippen molar-refractivity contribution < 1.29 is 0 Å². The molecule has 0 radical (unpaired) electrons. The summed E-state index contributed by atoms with van der Waals surface area (Å²) >= 11 is 0. The molecule has 0 aromatic heterocycles. The van der Waals surface area contributed by atoms with Crippen molar-refractivity contribution in [2.75, 3.05) is 19.6 Å². The fraction of sp³-hybridized carbons (Fsp3) is 1.00. The van der Waals surface area contributed by atoms with Crippen LogP contribution in [0.25, 0.3) is 0 Å². The lowest BCUT2D eigenvalue weighted by Crippen LogP contribution is -2.31. The van der Waals surface area contributed by atoms with Crippen molar-refractivity contribution >= 4 is 0 Å². The topological polar surface area (TPSA) is 24.1 Å². The zero-order valence-electron chi connectivity index (χ0n) is 10.6. The van der Waals surface area contributed by atoms with E-state index in [4.69, 9.17) is 0 Å². The number of hydrogen-bond donors (Lipinski definition) is 2. The monoisotopic (exact) mass is 224 g/mol. The minimum Gasteiger partial charge on any atom is -0.317 e. The summed E-state index contributed by atoms with van der Waals surface area (Å²) in [5.74, 6) is 1.03. The van der Waals surface area contributed by atoms with Crippen LogP contribution in [0.15, 0.2) is 0 Å². The van der Waals surface area contributed by atoms with Crippen molar-refractivity contribution in [3.05, 3.63) is 0 Å². The van der Waals surface area contributed by atoms with E-state index < -0.39 is 0 Å². The van der Waals surface area contributed by atoms with E-state index in [9.17, 15) is 0 Å². The molecule has 2 nitrogen and oxygen atoms in total. The Morgan fingerprint density at radius 1 is 0.875 bits per heavy atom. The fourth-order valence-electron chi connectivity index (χ4n) is 3.19. The Hall–Kier alpha value is -0.0800. The van der Waals surface area contributed by atoms with Gasteiger partial charge in [0.1, 0.15) is 0 Å². The van der Waals surface area contributed by atoms with Crippen LogP contribution in [0, 0.1) is 5.92 Å². The van der Waals surface area contributed by atoms with Gasteiger partial charge in [-0.1, -0.05) is 32.1 Å². The zero-order chi connectivity index (χ0) is 11.1. The number of rotatable bonds is 4. The van der Waals surface area contributed by atoms with Gasteiger partial charge in [-0.15, -0.1) is 0 Å². The van der Waals surface area contributed by atoms with E-state index in [0.29, 0.717) is 0 Å². The molecule has 0 bridgehead atoms. The van der Waals surface area contributed by atoms with E-state index in [1.165, 1.54) is 77.4 Å². The lowest BCUT2D eigenvalue weighted by Gasteiger charge is -2.23. The molecular formula is C14H28N2. The summed E-state index contributed by atoms with van der Waals surface area (Å²) in [7, 11) is 0. The Morgan fingerprint density at radius 2 is 1.75 bits per heavy atom. The molecule has 2 aliphatic rings. The summed E-state index contributed by atoms with van der Waals surface area (Å²) in [5, 5.41) is 7.25. The van der Waals surface area contributed by atoms with E-state index in [1.807, 2.05) is 0 Å². The molecule has 1 aliphatic heterocycles. The van der Waals surface area contributed by atoms with Crippen molar-refractivity contribution in [2.45, 2.75) is 63.8 Å². The molecule has 0 aromatic rings. The first-order valence-corrected chi connectivity index (χ1v) is 7.39. The Kier molecular flexibility index (Phi) is 5.64. The molecule has 0 aromatic carbocycles. The summed E-state index contributed by atoms with van der Waals surface area (Å²) in [6, 6.07) is 0.790. The van der Waals surface area contributed by atoms with Crippen LogP contribution in [0.4, 0.5) is 0 Å². The largest absolute Gasteiger partial charge is 0.317 e. The van der Waals surface area contributed by atoms with Gasteiger partial charge in [0.2, 0.25) is 0 Å². The van der Waals surface area contributed by atoms with Gasteiger partial charge in [0.25, 0.3) is 0 Å². The van der Waals surface area contributed by atoms with E-state index in [-0.39, 0.29) is 0 Å². The normalized spacial score (nSPS) is 28.9. The van der Waals surface area contributed by atoms with E-state index in [0.717, 1.165) is 12.0 Å². The van der Waals surface area contributed by atoms with Crippen LogP contribution in [0.1, 0.15) is 57.8 Å². The standard InChI is InChI=1S/C14H28N2/c1-2-5-13(6-3-1)8-12-16-14-7-4-10-15-11-9-14/h13-16H,1-12H2. The third-order valence-electron chi connectivity index (χ3n) is 4.29. The average Bonchev–Trinajstić information content (AvgIpc) is 2.59. The maximum absolute atomic E-state index is 3.77. The second-order valence-corrected chi connectivity index (χ2v) is 5.62. The number of hydrogen-bond acceptors (Lipinski definition) is 2. The van der Waals surface area contributed by atoms with E-state index in [1.54, 1.807) is 0 Å². The molecule has 1 aliphatic carbocycles. The van der Waals surface area contributed by atoms with Crippen LogP contribution in [0.2, 0.25) is 0 Å². The van der Waals surface area contributed by atoms with Gasteiger partial charge in [0.05, 0.1) is 0 Å². The van der Waals surface area contributed by atoms with Crippen LogP contribution in [0.5, 0.6) is 0 Å². The molecule has 2 heteroatoms. The molecule has 0 amide bonds. The molecule has 1 unspecified atom stereocenters. The number of nitrogens with one attached hydrogen (secondary N) is 2. The van der Waals surface area contributed by atoms with Gasteiger partial charge in [-0.3, -0.25) is 0 Å². The Labute approximate surface area is 101 Å². The van der Waals surface area contributed by atoms with Crippen LogP contribution in [0.3, 0.4) is 0 Å². The Balaban J connectivity index is 1.55. The molecule has 2 rings (SSSR count). The summed E-state index contributed by atoms with van der Waals surface area (Å²) < 4.78 is 0. The quantitative estimate of drug-likeness (QED) is 0.767. The van der Waals surface area contributed by atoms with Crippen LogP contribution >= 0.6 is 0 Å². The van der Waals surface area contributed by atoms with Gasteiger partial charge in [-0.05, 0) is 51.2 Å². The molecule has 94 valence electrons. The zero-order valence-corrected chi connectivity index (χ0v) is 10.6. The maximum atomic E-state index is 3.77. The van der Waals surface area contributed by atoms with Crippen LogP contribution < -0.4 is 10.6 Å². The first kappa shape index (κ1) is 12.4. The average molecular weight is 224 g/mol. The van der Waals surface area contributed by atoms with Crippen molar-refractivity contribution in [3.63, 3.8) is 0 Å². The molecule has 16 heavy (non-hydrogen) atoms. The predicted octanol–water partition coefficient (Wildman–Crippen LogP) is 2.69. The van der Waals surface area contributed by atoms with Crippen molar-refractivity contribution in [3.8, 4) is 0 Å². The lowest BCUT2D eigenvalue weighted by molar-refractivity contribution is 0.324. The highest BCUT2D eigenvalue weighted by molar-refractivity contribution is 4.74. The van der Waals surface area contributed by atoms with Crippen molar-refractivity contribution in [1.29, 1.82) is 0 Å². The fourth-order valence-corrected chi connectivity index (χ4v) is 3.19. The third kappa shape index (κ3) is 4.42. The predicted molar refractivity (Wildman–Crippen MR) is 69.7 cm³/mol. The molecule has 1 heterocycles. The highest BCUT2D eigenvalue weighted by Gasteiger charge is 2.14. The van der Waals surface area contributed by atoms with Gasteiger partial charge in [-0.25, -0.2) is 0 Å². The van der Waals surface area contributed by atoms with Gasteiger partial charge in [-0.2, -0.15) is 0 Å². The molecule has 1 atom stereocenters. The highest BCUT2D eigenvalue weighted by atomic mass is 14.9. The molecule has 0 spiro atoms. The first-order valence-electron chi connectivity index (χ1n) is 7.39. The minimum atomic E-state index is 0.790. The summed E-state index contributed by atoms with van der Waals surface area (Å²) in [6.45, 7) is 3.69. The Bertz CT molecular complexity index is 168. The molecule has 1 saturated carbocycles. The third-order valence-corrected chi connectivity index (χ3v) is 4.29. The van der Waals surface area contributed by atoms with Crippen molar-refractivity contribution in [2.24, 2.45) is 5.92 Å². The molecule has 2 N–H and O–H groups in total. The molecular weight excluding hydrogens is 196 g/mol. The van der Waals surface area contributed by atoms with E-state index in [2.05, 4.69) is 10.6 Å². The summed E-state index contributed by atoms with van der Waals surface area (Å²) in [4.78, 5) is 0. The minimum absolute atomic E-state index is 0.790. The second-order valence-electron chi connectivity index (χ2n) is 5.62. The first-order chi connectivity index (χ1) is 7.95. The van der Waals surface area contributed by atoms with Gasteiger partial charge >= 0.3 is 0 Å². The SMILES string of the molecule is C1CCC(CCNC2CCCNCC2)CC1. The molecule has 2 fully saturated rings. The molecule has 1 saturated heterocycles.